The topological polar surface area (TPSA) is 94.2 Å². The molecule has 0 saturated carbocycles. The Bertz CT molecular complexity index is 1240. The minimum Gasteiger partial charge on any atom is -0.467 e. The van der Waals surface area contributed by atoms with Crippen LogP contribution in [0.2, 0.25) is 0 Å². The van der Waals surface area contributed by atoms with Crippen LogP contribution in [-0.4, -0.2) is 48.4 Å². The number of amides is 2. The minimum absolute atomic E-state index is 0.0974. The molecule has 0 aliphatic carbocycles. The highest BCUT2D eigenvalue weighted by Crippen LogP contribution is 2.19. The molecule has 3 rings (SSSR count). The van der Waals surface area contributed by atoms with Gasteiger partial charge in [-0.3, -0.25) is 0 Å². The molecular formula is C31H38N2O6. The number of nitrogens with one attached hydrogen (secondary N) is 1. The van der Waals surface area contributed by atoms with E-state index in [4.69, 9.17) is 14.2 Å². The number of rotatable bonds is 11. The zero-order chi connectivity index (χ0) is 28.3. The number of fused-ring (bicyclic) bond motifs is 1. The highest BCUT2D eigenvalue weighted by molar-refractivity contribution is 5.83. The van der Waals surface area contributed by atoms with Gasteiger partial charge in [-0.05, 0) is 68.0 Å². The third-order valence-electron chi connectivity index (χ3n) is 6.00. The summed E-state index contributed by atoms with van der Waals surface area (Å²) in [4.78, 5) is 39.3. The predicted molar refractivity (Wildman–Crippen MR) is 150 cm³/mol. The number of methoxy groups -OCH3 is 1. The highest BCUT2D eigenvalue weighted by atomic mass is 16.6. The number of esters is 1. The summed E-state index contributed by atoms with van der Waals surface area (Å²) < 4.78 is 15.8. The second kappa shape index (κ2) is 14.2. The van der Waals surface area contributed by atoms with Crippen LogP contribution in [0, 0.1) is 0 Å². The Morgan fingerprint density at radius 1 is 0.872 bits per heavy atom. The van der Waals surface area contributed by atoms with Gasteiger partial charge in [0.25, 0.3) is 0 Å². The summed E-state index contributed by atoms with van der Waals surface area (Å²) in [7, 11) is 1.28. The highest BCUT2D eigenvalue weighted by Gasteiger charge is 2.24. The predicted octanol–water partition coefficient (Wildman–Crippen LogP) is 6.22. The van der Waals surface area contributed by atoms with Crippen molar-refractivity contribution in [3.63, 3.8) is 0 Å². The maximum Gasteiger partial charge on any atom is 0.410 e. The van der Waals surface area contributed by atoms with Crippen LogP contribution in [0.4, 0.5) is 9.59 Å². The fraction of sp³-hybridized carbons (Fsp3) is 0.387. The Hall–Kier alpha value is -4.07. The molecular weight excluding hydrogens is 496 g/mol. The van der Waals surface area contributed by atoms with Crippen molar-refractivity contribution in [2.75, 3.05) is 13.7 Å². The summed E-state index contributed by atoms with van der Waals surface area (Å²) in [5.74, 6) is -0.549. The van der Waals surface area contributed by atoms with E-state index in [0.717, 1.165) is 21.9 Å². The number of alkyl carbamates (subject to hydrolysis) is 1. The molecule has 2 amide bonds. The fourth-order valence-corrected chi connectivity index (χ4v) is 4.07. The van der Waals surface area contributed by atoms with Gasteiger partial charge in [0.15, 0.2) is 0 Å². The van der Waals surface area contributed by atoms with Crippen molar-refractivity contribution in [1.29, 1.82) is 0 Å². The second-order valence-electron chi connectivity index (χ2n) is 10.4. The Labute approximate surface area is 230 Å². The molecule has 0 spiro atoms. The average Bonchev–Trinajstić information content (AvgIpc) is 2.91. The Morgan fingerprint density at radius 3 is 2.26 bits per heavy atom. The molecule has 8 heteroatoms. The molecule has 0 aliphatic heterocycles. The summed E-state index contributed by atoms with van der Waals surface area (Å²) in [6.45, 7) is 6.42. The molecule has 8 nitrogen and oxygen atoms in total. The first-order valence-electron chi connectivity index (χ1n) is 13.2. The van der Waals surface area contributed by atoms with Crippen LogP contribution >= 0.6 is 0 Å². The summed E-state index contributed by atoms with van der Waals surface area (Å²) in [6.07, 6.45) is 0.408. The monoisotopic (exact) mass is 534 g/mol. The smallest absolute Gasteiger partial charge is 0.410 e. The van der Waals surface area contributed by atoms with Crippen LogP contribution in [0.3, 0.4) is 0 Å². The first kappa shape index (κ1) is 29.5. The standard InChI is InChI=1S/C31H38N2O6/c1-31(2,3)39-30(36)33(21-24-17-18-25-14-8-9-15-26(25)20-24)19-11-10-16-27(28(34)37-4)32-29(35)38-22-23-12-6-5-7-13-23/h5-9,12-15,17-18,20,27H,10-11,16,19,21-22H2,1-4H3,(H,32,35)/t27-/m0/s1. The van der Waals surface area contributed by atoms with E-state index in [9.17, 15) is 14.4 Å². The zero-order valence-corrected chi connectivity index (χ0v) is 23.1. The number of carbonyl (C=O) groups excluding carboxylic acids is 3. The van der Waals surface area contributed by atoms with E-state index in [0.29, 0.717) is 32.4 Å². The largest absolute Gasteiger partial charge is 0.467 e. The van der Waals surface area contributed by atoms with E-state index >= 15 is 0 Å². The number of carbonyl (C=O) groups is 3. The molecule has 3 aromatic carbocycles. The summed E-state index contributed by atoms with van der Waals surface area (Å²) in [6, 6.07) is 22.6. The van der Waals surface area contributed by atoms with Crippen LogP contribution in [-0.2, 0) is 32.2 Å². The van der Waals surface area contributed by atoms with Gasteiger partial charge in [-0.15, -0.1) is 0 Å². The van der Waals surface area contributed by atoms with Gasteiger partial charge in [-0.1, -0.05) is 66.7 Å². The number of ether oxygens (including phenoxy) is 3. The number of hydrogen-bond acceptors (Lipinski definition) is 6. The first-order chi connectivity index (χ1) is 18.6. The number of hydrogen-bond donors (Lipinski definition) is 1. The molecule has 0 fully saturated rings. The summed E-state index contributed by atoms with van der Waals surface area (Å²) in [5, 5.41) is 4.83. The van der Waals surface area contributed by atoms with Gasteiger partial charge in [0, 0.05) is 13.1 Å². The maximum absolute atomic E-state index is 13.0. The Morgan fingerprint density at radius 2 is 1.56 bits per heavy atom. The second-order valence-corrected chi connectivity index (χ2v) is 10.4. The molecule has 0 aliphatic rings. The third kappa shape index (κ3) is 9.96. The minimum atomic E-state index is -0.853. The van der Waals surface area contributed by atoms with Crippen LogP contribution in [0.25, 0.3) is 10.8 Å². The Balaban J connectivity index is 1.57. The van der Waals surface area contributed by atoms with Crippen molar-refractivity contribution >= 4 is 28.9 Å². The fourth-order valence-electron chi connectivity index (χ4n) is 4.07. The van der Waals surface area contributed by atoms with Gasteiger partial charge in [0.1, 0.15) is 18.2 Å². The molecule has 0 saturated heterocycles. The molecule has 1 atom stereocenters. The van der Waals surface area contributed by atoms with Gasteiger partial charge >= 0.3 is 18.2 Å². The molecule has 208 valence electrons. The van der Waals surface area contributed by atoms with Gasteiger partial charge in [0.2, 0.25) is 0 Å². The molecule has 0 unspecified atom stereocenters. The van der Waals surface area contributed by atoms with Crippen molar-refractivity contribution in [2.24, 2.45) is 0 Å². The molecule has 39 heavy (non-hydrogen) atoms. The van der Waals surface area contributed by atoms with Crippen molar-refractivity contribution < 1.29 is 28.6 Å². The zero-order valence-electron chi connectivity index (χ0n) is 23.1. The lowest BCUT2D eigenvalue weighted by molar-refractivity contribution is -0.143. The SMILES string of the molecule is COC(=O)[C@H](CCCCN(Cc1ccc2ccccc2c1)C(=O)OC(C)(C)C)NC(=O)OCc1ccccc1. The lowest BCUT2D eigenvalue weighted by Crippen LogP contribution is -2.42. The van der Waals surface area contributed by atoms with Crippen molar-refractivity contribution in [3.05, 3.63) is 83.9 Å². The van der Waals surface area contributed by atoms with Gasteiger partial charge in [-0.2, -0.15) is 0 Å². The van der Waals surface area contributed by atoms with Crippen LogP contribution < -0.4 is 5.32 Å². The molecule has 0 aromatic heterocycles. The van der Waals surface area contributed by atoms with Gasteiger partial charge in [-0.25, -0.2) is 14.4 Å². The molecule has 1 N–H and O–H groups in total. The summed E-state index contributed by atoms with van der Waals surface area (Å²) in [5.41, 5.74) is 1.21. The van der Waals surface area contributed by atoms with Crippen molar-refractivity contribution in [2.45, 2.75) is 64.8 Å². The van der Waals surface area contributed by atoms with E-state index in [1.807, 2.05) is 87.5 Å². The van der Waals surface area contributed by atoms with E-state index in [1.165, 1.54) is 7.11 Å². The molecule has 0 heterocycles. The Kier molecular flexibility index (Phi) is 10.7. The maximum atomic E-state index is 13.0. The number of nitrogens with zero attached hydrogens (tertiary/aromatic N) is 1. The van der Waals surface area contributed by atoms with Crippen LogP contribution in [0.15, 0.2) is 72.8 Å². The number of benzene rings is 3. The lowest BCUT2D eigenvalue weighted by Gasteiger charge is -2.28. The van der Waals surface area contributed by atoms with E-state index in [1.54, 1.807) is 4.90 Å². The molecule has 0 radical (unpaired) electrons. The normalized spacial score (nSPS) is 11.9. The van der Waals surface area contributed by atoms with Gasteiger partial charge in [0.05, 0.1) is 7.11 Å². The van der Waals surface area contributed by atoms with Crippen molar-refractivity contribution in [1.82, 2.24) is 10.2 Å². The van der Waals surface area contributed by atoms with Gasteiger partial charge < -0.3 is 24.4 Å². The van der Waals surface area contributed by atoms with E-state index in [2.05, 4.69) is 11.4 Å². The quantitative estimate of drug-likeness (QED) is 0.178. The van der Waals surface area contributed by atoms with E-state index < -0.39 is 29.8 Å². The lowest BCUT2D eigenvalue weighted by atomic mass is 10.1. The summed E-state index contributed by atoms with van der Waals surface area (Å²) >= 11 is 0. The number of unbranched alkanes of at least 4 members (excludes halogenated alkanes) is 1. The average molecular weight is 535 g/mol. The van der Waals surface area contributed by atoms with E-state index in [-0.39, 0.29) is 6.61 Å². The third-order valence-corrected chi connectivity index (χ3v) is 6.00. The van der Waals surface area contributed by atoms with Crippen LogP contribution in [0.5, 0.6) is 0 Å². The molecule has 0 bridgehead atoms. The molecule has 3 aromatic rings. The first-order valence-corrected chi connectivity index (χ1v) is 13.2. The van der Waals surface area contributed by atoms with Crippen molar-refractivity contribution in [3.8, 4) is 0 Å². The van der Waals surface area contributed by atoms with Crippen LogP contribution in [0.1, 0.15) is 51.2 Å².